The third-order valence-electron chi connectivity index (χ3n) is 5.75. The highest BCUT2D eigenvalue weighted by atomic mass is 16.8. The third-order valence-corrected chi connectivity index (χ3v) is 5.75. The van der Waals surface area contributed by atoms with Gasteiger partial charge in [-0.25, -0.2) is 0 Å². The summed E-state index contributed by atoms with van der Waals surface area (Å²) < 4.78 is 21.7. The second-order valence-corrected chi connectivity index (χ2v) is 7.55. The van der Waals surface area contributed by atoms with Crippen molar-refractivity contribution in [2.24, 2.45) is 5.92 Å². The molecule has 0 aromatic rings. The number of fused-ring (bicyclic) bond motifs is 1. The van der Waals surface area contributed by atoms with Crippen LogP contribution < -0.4 is 0 Å². The number of ether oxygens (including phenoxy) is 4. The molecular formula is C17H28O11. The predicted molar refractivity (Wildman–Crippen MR) is 89.3 cm³/mol. The van der Waals surface area contributed by atoms with Crippen LogP contribution in [0.25, 0.3) is 0 Å². The monoisotopic (exact) mass is 408 g/mol. The second kappa shape index (κ2) is 7.76. The van der Waals surface area contributed by atoms with Gasteiger partial charge in [-0.05, 0) is 19.9 Å². The molecule has 2 heterocycles. The summed E-state index contributed by atoms with van der Waals surface area (Å²) in [4.78, 5) is 0. The van der Waals surface area contributed by atoms with Crippen LogP contribution in [0.2, 0.25) is 0 Å². The van der Waals surface area contributed by atoms with E-state index in [-0.39, 0.29) is 6.61 Å². The molecule has 2 aliphatic heterocycles. The molecule has 7 N–H and O–H groups in total. The number of hydrogen-bond donors (Lipinski definition) is 7. The molecule has 28 heavy (non-hydrogen) atoms. The van der Waals surface area contributed by atoms with E-state index in [1.165, 1.54) is 13.0 Å². The highest BCUT2D eigenvalue weighted by Gasteiger charge is 2.69. The molecule has 0 aromatic carbocycles. The molecule has 11 heteroatoms. The lowest BCUT2D eigenvalue weighted by Gasteiger charge is -2.45. The van der Waals surface area contributed by atoms with Gasteiger partial charge < -0.3 is 54.7 Å². The molecule has 162 valence electrons. The van der Waals surface area contributed by atoms with Crippen molar-refractivity contribution in [2.45, 2.75) is 74.3 Å². The summed E-state index contributed by atoms with van der Waals surface area (Å²) in [5, 5.41) is 71.7. The SMILES string of the molecule is CCOC1C(O)C(C)(O)C2C(OC3OC(CO)C(O)C(O)C3O)OC=CC12O. The van der Waals surface area contributed by atoms with Crippen LogP contribution >= 0.6 is 0 Å². The Balaban J connectivity index is 1.86. The van der Waals surface area contributed by atoms with Gasteiger partial charge in [-0.15, -0.1) is 0 Å². The quantitative estimate of drug-likeness (QED) is 0.240. The topological polar surface area (TPSA) is 179 Å². The average Bonchev–Trinajstić information content (AvgIpc) is 2.80. The van der Waals surface area contributed by atoms with E-state index in [4.69, 9.17) is 18.9 Å². The molecule has 0 amide bonds. The molecule has 0 spiro atoms. The van der Waals surface area contributed by atoms with Gasteiger partial charge >= 0.3 is 0 Å². The predicted octanol–water partition coefficient (Wildman–Crippen LogP) is -3.45. The number of aliphatic hydroxyl groups is 7. The van der Waals surface area contributed by atoms with E-state index in [2.05, 4.69) is 0 Å². The Morgan fingerprint density at radius 2 is 1.71 bits per heavy atom. The van der Waals surface area contributed by atoms with Gasteiger partial charge in [0.05, 0.1) is 18.8 Å². The lowest BCUT2D eigenvalue weighted by atomic mass is 9.81. The smallest absolute Gasteiger partial charge is 0.210 e. The number of aliphatic hydroxyl groups excluding tert-OH is 5. The summed E-state index contributed by atoms with van der Waals surface area (Å²) in [6, 6.07) is 0. The largest absolute Gasteiger partial charge is 0.472 e. The van der Waals surface area contributed by atoms with Gasteiger partial charge in [0, 0.05) is 6.61 Å². The van der Waals surface area contributed by atoms with Crippen LogP contribution in [0, 0.1) is 5.92 Å². The summed E-state index contributed by atoms with van der Waals surface area (Å²) in [5.41, 5.74) is -3.76. The molecule has 1 saturated carbocycles. The van der Waals surface area contributed by atoms with Crippen molar-refractivity contribution < 1.29 is 54.7 Å². The fourth-order valence-corrected chi connectivity index (χ4v) is 4.21. The number of rotatable bonds is 5. The van der Waals surface area contributed by atoms with Crippen LogP contribution in [0.3, 0.4) is 0 Å². The van der Waals surface area contributed by atoms with Crippen molar-refractivity contribution >= 4 is 0 Å². The van der Waals surface area contributed by atoms with Crippen molar-refractivity contribution in [1.82, 2.24) is 0 Å². The van der Waals surface area contributed by atoms with E-state index >= 15 is 0 Å². The second-order valence-electron chi connectivity index (χ2n) is 7.55. The van der Waals surface area contributed by atoms with Crippen LogP contribution in [0.5, 0.6) is 0 Å². The Morgan fingerprint density at radius 3 is 2.32 bits per heavy atom. The fraction of sp³-hybridized carbons (Fsp3) is 0.882. The molecular weight excluding hydrogens is 380 g/mol. The molecule has 1 saturated heterocycles. The van der Waals surface area contributed by atoms with Gasteiger partial charge in [-0.2, -0.15) is 0 Å². The van der Waals surface area contributed by atoms with E-state index in [9.17, 15) is 35.7 Å². The molecule has 0 bridgehead atoms. The first-order chi connectivity index (χ1) is 13.1. The first-order valence-electron chi connectivity index (χ1n) is 9.13. The molecule has 3 rings (SSSR count). The molecule has 0 radical (unpaired) electrons. The van der Waals surface area contributed by atoms with Crippen molar-refractivity contribution in [3.05, 3.63) is 12.3 Å². The molecule has 11 atom stereocenters. The summed E-state index contributed by atoms with van der Waals surface area (Å²) in [6.45, 7) is 2.48. The van der Waals surface area contributed by atoms with Gasteiger partial charge in [-0.3, -0.25) is 0 Å². The van der Waals surface area contributed by atoms with Crippen LogP contribution in [-0.4, -0.2) is 109 Å². The first-order valence-corrected chi connectivity index (χ1v) is 9.13. The van der Waals surface area contributed by atoms with Crippen LogP contribution in [0.15, 0.2) is 12.3 Å². The minimum Gasteiger partial charge on any atom is -0.472 e. The lowest BCUT2D eigenvalue weighted by Crippen LogP contribution is -2.62. The Morgan fingerprint density at radius 1 is 1.04 bits per heavy atom. The molecule has 3 aliphatic rings. The Labute approximate surface area is 161 Å². The fourth-order valence-electron chi connectivity index (χ4n) is 4.21. The standard InChI is InChI=1S/C17H28O11/c1-3-25-13-12(22)16(2,23)11-15(26-5-4-17(11,13)24)28-14-10(21)9(20)8(19)7(6-18)27-14/h4-5,7-15,18-24H,3,6H2,1-2H3. The maximum absolute atomic E-state index is 11.1. The lowest BCUT2D eigenvalue weighted by molar-refractivity contribution is -0.352. The van der Waals surface area contributed by atoms with Crippen LogP contribution in [-0.2, 0) is 18.9 Å². The van der Waals surface area contributed by atoms with Gasteiger partial charge in [0.25, 0.3) is 0 Å². The van der Waals surface area contributed by atoms with Gasteiger partial charge in [0.15, 0.2) is 6.29 Å². The van der Waals surface area contributed by atoms with Gasteiger partial charge in [0.2, 0.25) is 6.29 Å². The van der Waals surface area contributed by atoms with Crippen molar-refractivity contribution in [1.29, 1.82) is 0 Å². The van der Waals surface area contributed by atoms with Crippen molar-refractivity contribution in [3.8, 4) is 0 Å². The minimum atomic E-state index is -1.90. The zero-order valence-corrected chi connectivity index (χ0v) is 15.5. The Bertz CT molecular complexity index is 581. The molecule has 11 nitrogen and oxygen atoms in total. The average molecular weight is 408 g/mol. The Kier molecular flexibility index (Phi) is 6.05. The zero-order valence-electron chi connectivity index (χ0n) is 15.5. The van der Waals surface area contributed by atoms with E-state index < -0.39 is 72.9 Å². The molecule has 2 fully saturated rings. The summed E-state index contributed by atoms with van der Waals surface area (Å²) in [5.74, 6) is -1.25. The first kappa shape index (κ1) is 21.8. The normalized spacial score (nSPS) is 53.7. The van der Waals surface area contributed by atoms with E-state index in [1.54, 1.807) is 6.92 Å². The zero-order chi connectivity index (χ0) is 20.9. The summed E-state index contributed by atoms with van der Waals surface area (Å²) in [7, 11) is 0. The van der Waals surface area contributed by atoms with Gasteiger partial charge in [-0.1, -0.05) is 0 Å². The highest BCUT2D eigenvalue weighted by Crippen LogP contribution is 2.50. The van der Waals surface area contributed by atoms with E-state index in [0.29, 0.717) is 0 Å². The van der Waals surface area contributed by atoms with E-state index in [0.717, 1.165) is 6.26 Å². The molecule has 1 aliphatic carbocycles. The summed E-state index contributed by atoms with van der Waals surface area (Å²) >= 11 is 0. The van der Waals surface area contributed by atoms with Crippen molar-refractivity contribution in [2.75, 3.05) is 13.2 Å². The maximum Gasteiger partial charge on any atom is 0.210 e. The van der Waals surface area contributed by atoms with Gasteiger partial charge in [0.1, 0.15) is 47.8 Å². The molecule has 11 unspecified atom stereocenters. The van der Waals surface area contributed by atoms with Crippen LogP contribution in [0.1, 0.15) is 13.8 Å². The highest BCUT2D eigenvalue weighted by molar-refractivity contribution is 5.25. The van der Waals surface area contributed by atoms with Crippen molar-refractivity contribution in [3.63, 3.8) is 0 Å². The van der Waals surface area contributed by atoms with E-state index in [1.807, 2.05) is 0 Å². The summed E-state index contributed by atoms with van der Waals surface area (Å²) in [6.07, 6.45) is -9.37. The molecule has 0 aromatic heterocycles. The van der Waals surface area contributed by atoms with Crippen LogP contribution in [0.4, 0.5) is 0 Å². The maximum atomic E-state index is 11.1. The Hall–Kier alpha value is -0.860. The number of hydrogen-bond acceptors (Lipinski definition) is 11. The third kappa shape index (κ3) is 3.25. The minimum absolute atomic E-state index is 0.166.